The Morgan fingerprint density at radius 2 is 1.95 bits per heavy atom. The molecule has 0 aliphatic carbocycles. The van der Waals surface area contributed by atoms with E-state index in [1.54, 1.807) is 0 Å². The molecule has 1 aromatic carbocycles. The number of aryl methyl sites for hydroxylation is 1. The van der Waals surface area contributed by atoms with Gasteiger partial charge in [-0.05, 0) is 38.9 Å². The molecule has 3 rings (SSSR count). The average molecular weight is 273 g/mol. The van der Waals surface area contributed by atoms with Crippen molar-refractivity contribution in [3.8, 4) is 0 Å². The summed E-state index contributed by atoms with van der Waals surface area (Å²) < 4.78 is 2.23. The minimum Gasteiger partial charge on any atom is -0.389 e. The van der Waals surface area contributed by atoms with E-state index in [1.807, 2.05) is 18.2 Å². The molecule has 0 saturated carbocycles. The van der Waals surface area contributed by atoms with Crippen LogP contribution in [0.1, 0.15) is 25.6 Å². The molecular weight excluding hydrogens is 250 g/mol. The van der Waals surface area contributed by atoms with Gasteiger partial charge in [0.05, 0.1) is 16.6 Å². The summed E-state index contributed by atoms with van der Waals surface area (Å²) >= 11 is 0. The monoisotopic (exact) mass is 273 g/mol. The molecule has 0 atom stereocenters. The number of piperidine rings is 1. The van der Waals surface area contributed by atoms with Crippen molar-refractivity contribution in [1.82, 2.24) is 14.5 Å². The van der Waals surface area contributed by atoms with Crippen molar-refractivity contribution < 1.29 is 5.11 Å². The second-order valence-electron chi connectivity index (χ2n) is 5.97. The second-order valence-corrected chi connectivity index (χ2v) is 5.97. The zero-order valence-corrected chi connectivity index (χ0v) is 12.3. The van der Waals surface area contributed by atoms with Crippen molar-refractivity contribution in [1.29, 1.82) is 0 Å². The molecule has 1 saturated heterocycles. The van der Waals surface area contributed by atoms with E-state index in [0.717, 1.165) is 43.8 Å². The fraction of sp³-hybridized carbons (Fsp3) is 0.562. The summed E-state index contributed by atoms with van der Waals surface area (Å²) in [5.41, 5.74) is 1.60. The second kappa shape index (κ2) is 5.19. The summed E-state index contributed by atoms with van der Waals surface area (Å²) in [6, 6.07) is 8.21. The molecule has 1 N–H and O–H groups in total. The van der Waals surface area contributed by atoms with Crippen LogP contribution in [0.5, 0.6) is 0 Å². The largest absolute Gasteiger partial charge is 0.389 e. The van der Waals surface area contributed by atoms with Crippen LogP contribution in [0.4, 0.5) is 0 Å². The molecule has 1 aliphatic rings. The number of aliphatic hydroxyl groups is 1. The average Bonchev–Trinajstić information content (AvgIpc) is 2.79. The van der Waals surface area contributed by atoms with Gasteiger partial charge in [-0.3, -0.25) is 0 Å². The maximum atomic E-state index is 10.8. The van der Waals surface area contributed by atoms with Crippen molar-refractivity contribution >= 4 is 11.0 Å². The van der Waals surface area contributed by atoms with E-state index in [9.17, 15) is 5.11 Å². The van der Waals surface area contributed by atoms with Crippen LogP contribution in [-0.2, 0) is 13.0 Å². The van der Waals surface area contributed by atoms with E-state index in [2.05, 4.69) is 29.5 Å². The zero-order chi connectivity index (χ0) is 14.2. The van der Waals surface area contributed by atoms with Crippen molar-refractivity contribution in [3.63, 3.8) is 0 Å². The van der Waals surface area contributed by atoms with Gasteiger partial charge in [0, 0.05) is 26.1 Å². The van der Waals surface area contributed by atoms with Crippen LogP contribution in [0.25, 0.3) is 11.0 Å². The molecule has 0 unspecified atom stereocenters. The summed E-state index contributed by atoms with van der Waals surface area (Å²) in [6.07, 6.45) is 2.32. The number of nitrogens with zero attached hydrogens (tertiary/aromatic N) is 3. The van der Waals surface area contributed by atoms with Crippen LogP contribution in [0.3, 0.4) is 0 Å². The van der Waals surface area contributed by atoms with Crippen LogP contribution < -0.4 is 0 Å². The third kappa shape index (κ3) is 2.45. The Balaban J connectivity index is 1.90. The van der Waals surface area contributed by atoms with E-state index in [1.165, 1.54) is 5.52 Å². The highest BCUT2D eigenvalue weighted by Crippen LogP contribution is 2.27. The first-order chi connectivity index (χ1) is 9.61. The smallest absolute Gasteiger partial charge is 0.112 e. The van der Waals surface area contributed by atoms with Gasteiger partial charge in [-0.25, -0.2) is 4.98 Å². The van der Waals surface area contributed by atoms with Crippen LogP contribution in [0, 0.1) is 0 Å². The first-order valence-electron chi connectivity index (χ1n) is 7.46. The number of hydrogen-bond donors (Lipinski definition) is 1. The van der Waals surface area contributed by atoms with Gasteiger partial charge < -0.3 is 14.6 Å². The van der Waals surface area contributed by atoms with Crippen LogP contribution >= 0.6 is 0 Å². The quantitative estimate of drug-likeness (QED) is 0.930. The lowest BCUT2D eigenvalue weighted by Crippen LogP contribution is -2.44. The standard InChI is InChI=1S/C16H23N3O/c1-3-19-14-7-5-4-6-13(14)17-15(19)12-16(20)8-10-18(2)11-9-16/h4-7,20H,3,8-12H2,1-2H3. The summed E-state index contributed by atoms with van der Waals surface area (Å²) in [6.45, 7) is 4.95. The van der Waals surface area contributed by atoms with Gasteiger partial charge in [0.2, 0.25) is 0 Å². The normalized spacial score (nSPS) is 19.6. The van der Waals surface area contributed by atoms with E-state index in [4.69, 9.17) is 4.98 Å². The first-order valence-corrected chi connectivity index (χ1v) is 7.46. The van der Waals surface area contributed by atoms with Crippen molar-refractivity contribution in [2.75, 3.05) is 20.1 Å². The molecule has 4 nitrogen and oxygen atoms in total. The molecule has 20 heavy (non-hydrogen) atoms. The third-order valence-corrected chi connectivity index (χ3v) is 4.45. The number of fused-ring (bicyclic) bond motifs is 1. The van der Waals surface area contributed by atoms with Crippen LogP contribution in [0.15, 0.2) is 24.3 Å². The number of para-hydroxylation sites is 2. The Bertz CT molecular complexity index is 597. The summed E-state index contributed by atoms with van der Waals surface area (Å²) in [4.78, 5) is 7.01. The van der Waals surface area contributed by atoms with Crippen LogP contribution in [-0.4, -0.2) is 45.3 Å². The summed E-state index contributed by atoms with van der Waals surface area (Å²) in [5, 5.41) is 10.8. The van der Waals surface area contributed by atoms with Crippen molar-refractivity contribution in [2.24, 2.45) is 0 Å². The van der Waals surface area contributed by atoms with Crippen molar-refractivity contribution in [3.05, 3.63) is 30.1 Å². The fourth-order valence-corrected chi connectivity index (χ4v) is 3.12. The molecule has 0 amide bonds. The highest BCUT2D eigenvalue weighted by atomic mass is 16.3. The molecule has 4 heteroatoms. The molecule has 1 aromatic heterocycles. The SMILES string of the molecule is CCn1c(CC2(O)CCN(C)CC2)nc2ccccc21. The molecule has 0 bridgehead atoms. The first kappa shape index (κ1) is 13.6. The number of aromatic nitrogens is 2. The third-order valence-electron chi connectivity index (χ3n) is 4.45. The minimum atomic E-state index is -0.596. The topological polar surface area (TPSA) is 41.3 Å². The summed E-state index contributed by atoms with van der Waals surface area (Å²) in [7, 11) is 2.11. The van der Waals surface area contributed by atoms with E-state index in [-0.39, 0.29) is 0 Å². The Morgan fingerprint density at radius 1 is 1.25 bits per heavy atom. The van der Waals surface area contributed by atoms with Gasteiger partial charge in [0.25, 0.3) is 0 Å². The lowest BCUT2D eigenvalue weighted by atomic mass is 9.88. The predicted octanol–water partition coefficient (Wildman–Crippen LogP) is 2.06. The lowest BCUT2D eigenvalue weighted by molar-refractivity contribution is -0.0169. The van der Waals surface area contributed by atoms with Crippen LogP contribution in [0.2, 0.25) is 0 Å². The molecule has 108 valence electrons. The molecule has 2 aromatic rings. The fourth-order valence-electron chi connectivity index (χ4n) is 3.12. The van der Waals surface area contributed by atoms with Gasteiger partial charge in [-0.15, -0.1) is 0 Å². The summed E-state index contributed by atoms with van der Waals surface area (Å²) in [5.74, 6) is 1.01. The highest BCUT2D eigenvalue weighted by Gasteiger charge is 2.33. The van der Waals surface area contributed by atoms with Gasteiger partial charge in [0.15, 0.2) is 0 Å². The number of imidazole rings is 1. The Kier molecular flexibility index (Phi) is 3.52. The molecule has 0 radical (unpaired) electrons. The zero-order valence-electron chi connectivity index (χ0n) is 12.3. The predicted molar refractivity (Wildman–Crippen MR) is 80.8 cm³/mol. The Morgan fingerprint density at radius 3 is 2.65 bits per heavy atom. The van der Waals surface area contributed by atoms with E-state index >= 15 is 0 Å². The maximum Gasteiger partial charge on any atom is 0.112 e. The number of likely N-dealkylation sites (tertiary alicyclic amines) is 1. The molecular formula is C16H23N3O. The number of hydrogen-bond acceptors (Lipinski definition) is 3. The van der Waals surface area contributed by atoms with E-state index in [0.29, 0.717) is 6.42 Å². The molecule has 1 aliphatic heterocycles. The molecule has 2 heterocycles. The lowest BCUT2D eigenvalue weighted by Gasteiger charge is -2.36. The highest BCUT2D eigenvalue weighted by molar-refractivity contribution is 5.75. The molecule has 0 spiro atoms. The Labute approximate surface area is 120 Å². The van der Waals surface area contributed by atoms with Gasteiger partial charge in [0.1, 0.15) is 5.82 Å². The Hall–Kier alpha value is -1.39. The number of rotatable bonds is 3. The van der Waals surface area contributed by atoms with E-state index < -0.39 is 5.60 Å². The van der Waals surface area contributed by atoms with Gasteiger partial charge >= 0.3 is 0 Å². The molecule has 1 fully saturated rings. The van der Waals surface area contributed by atoms with Gasteiger partial charge in [-0.2, -0.15) is 0 Å². The minimum absolute atomic E-state index is 0.596. The maximum absolute atomic E-state index is 10.8. The van der Waals surface area contributed by atoms with Crippen molar-refractivity contribution in [2.45, 2.75) is 38.3 Å². The van der Waals surface area contributed by atoms with Gasteiger partial charge in [-0.1, -0.05) is 12.1 Å². The number of benzene rings is 1.